The summed E-state index contributed by atoms with van der Waals surface area (Å²) in [6, 6.07) is 0. The summed E-state index contributed by atoms with van der Waals surface area (Å²) in [6.07, 6.45) is 6.47. The van der Waals surface area contributed by atoms with Gasteiger partial charge in [-0.15, -0.1) is 0 Å². The minimum atomic E-state index is 0. The van der Waals surface area contributed by atoms with Gasteiger partial charge in [0, 0.05) is 27.7 Å². The molecular formula is C16H35IN6O. The molecule has 24 heavy (non-hydrogen) atoms. The summed E-state index contributed by atoms with van der Waals surface area (Å²) in [5.74, 6) is 0.771. The van der Waals surface area contributed by atoms with E-state index in [4.69, 9.17) is 10.2 Å². The van der Waals surface area contributed by atoms with Gasteiger partial charge < -0.3 is 38.3 Å². The number of quaternary nitrogens is 1. The molecule has 0 aromatic heterocycles. The molecule has 1 aliphatic heterocycles. The van der Waals surface area contributed by atoms with Crippen molar-refractivity contribution < 1.29 is 33.3 Å². The van der Waals surface area contributed by atoms with E-state index in [-0.39, 0.29) is 29.9 Å². The van der Waals surface area contributed by atoms with Gasteiger partial charge in [0.2, 0.25) is 11.9 Å². The van der Waals surface area contributed by atoms with Gasteiger partial charge in [-0.3, -0.25) is 10.2 Å². The summed E-state index contributed by atoms with van der Waals surface area (Å²) in [7, 11) is 9.54. The number of aliphatic imine (C=N–C) groups is 1. The van der Waals surface area contributed by atoms with Crippen LogP contribution in [-0.4, -0.2) is 87.7 Å². The van der Waals surface area contributed by atoms with Gasteiger partial charge in [-0.05, 0) is 32.1 Å². The number of piperidine rings is 1. The lowest BCUT2D eigenvalue weighted by Gasteiger charge is -2.38. The molecule has 0 unspecified atom stereocenters. The number of hydroxylamine groups is 1. The monoisotopic (exact) mass is 454 g/mol. The number of halogens is 1. The van der Waals surface area contributed by atoms with Gasteiger partial charge in [0.05, 0.1) is 33.8 Å². The summed E-state index contributed by atoms with van der Waals surface area (Å²) in [6.45, 7) is 4.81. The number of unbranched alkanes of at least 4 members (excludes halogenated alkanes) is 1. The molecule has 8 heteroatoms. The second kappa shape index (κ2) is 11.9. The molecule has 0 aromatic rings. The fourth-order valence-electron chi connectivity index (χ4n) is 2.93. The van der Waals surface area contributed by atoms with Gasteiger partial charge in [-0.25, -0.2) is 5.48 Å². The van der Waals surface area contributed by atoms with Crippen molar-refractivity contribution in [3.05, 3.63) is 0 Å². The largest absolute Gasteiger partial charge is 1.00 e. The lowest BCUT2D eigenvalue weighted by Crippen LogP contribution is -3.00. The summed E-state index contributed by atoms with van der Waals surface area (Å²) < 4.78 is 1.23. The van der Waals surface area contributed by atoms with Crippen molar-refractivity contribution in [1.82, 2.24) is 15.3 Å². The summed E-state index contributed by atoms with van der Waals surface area (Å²) in [5, 5.41) is 7.83. The van der Waals surface area contributed by atoms with Crippen LogP contribution in [0.2, 0.25) is 0 Å². The Morgan fingerprint density at radius 3 is 2.33 bits per heavy atom. The van der Waals surface area contributed by atoms with Crippen molar-refractivity contribution in [2.24, 2.45) is 4.99 Å². The number of nitrogens with zero attached hydrogens (tertiary/aromatic N) is 4. The first-order chi connectivity index (χ1) is 10.9. The normalized spacial score (nSPS) is 17.0. The molecule has 2 N–H and O–H groups in total. The molecule has 1 rings (SSSR count). The van der Waals surface area contributed by atoms with E-state index in [9.17, 15) is 0 Å². The molecule has 1 saturated heterocycles. The first-order valence-corrected chi connectivity index (χ1v) is 8.56. The van der Waals surface area contributed by atoms with Crippen LogP contribution in [-0.2, 0) is 4.84 Å². The predicted octanol–water partition coefficient (Wildman–Crippen LogP) is -1.66. The van der Waals surface area contributed by atoms with Crippen molar-refractivity contribution in [2.75, 3.05) is 61.5 Å². The Bertz CT molecular complexity index is 396. The van der Waals surface area contributed by atoms with Crippen LogP contribution < -0.4 is 29.5 Å². The average molecular weight is 454 g/mol. The van der Waals surface area contributed by atoms with E-state index in [1.807, 2.05) is 11.9 Å². The lowest BCUT2D eigenvalue weighted by molar-refractivity contribution is -0.914. The van der Waals surface area contributed by atoms with E-state index >= 15 is 0 Å². The van der Waals surface area contributed by atoms with E-state index < -0.39 is 0 Å². The highest BCUT2D eigenvalue weighted by molar-refractivity contribution is 5.92. The number of rotatable bonds is 6. The fraction of sp³-hybridized carbons (Fsp3) is 0.875. The van der Waals surface area contributed by atoms with Crippen LogP contribution in [0.4, 0.5) is 0 Å². The van der Waals surface area contributed by atoms with Gasteiger partial charge >= 0.3 is 0 Å². The van der Waals surface area contributed by atoms with Crippen molar-refractivity contribution in [1.29, 1.82) is 5.41 Å². The minimum absolute atomic E-state index is 0. The summed E-state index contributed by atoms with van der Waals surface area (Å²) in [5.41, 5.74) is 2.77. The maximum atomic E-state index is 7.83. The van der Waals surface area contributed by atoms with Gasteiger partial charge in [0.15, 0.2) is 0 Å². The van der Waals surface area contributed by atoms with Crippen LogP contribution in [0, 0.1) is 5.41 Å². The zero-order chi connectivity index (χ0) is 17.3. The molecule has 0 amide bonds. The van der Waals surface area contributed by atoms with E-state index in [2.05, 4.69) is 17.5 Å². The molecule has 0 saturated carbocycles. The molecule has 0 aromatic carbocycles. The molecule has 0 spiro atoms. The van der Waals surface area contributed by atoms with Crippen LogP contribution in [0.25, 0.3) is 0 Å². The maximum Gasteiger partial charge on any atom is 0.226 e. The Balaban J connectivity index is 0.00000529. The summed E-state index contributed by atoms with van der Waals surface area (Å²) in [4.78, 5) is 12.9. The molecule has 0 radical (unpaired) electrons. The SMILES string of the molecule is CONC(=NC(=N)N(C)C)N(C)CCCC[N+]1(C)CCCCC1.[I-]. The number of hydrogen-bond donors (Lipinski definition) is 2. The first kappa shape index (κ1) is 23.4. The lowest BCUT2D eigenvalue weighted by atomic mass is 10.1. The molecule has 1 heterocycles. The Labute approximate surface area is 164 Å². The average Bonchev–Trinajstić information content (AvgIpc) is 2.51. The molecular weight excluding hydrogens is 419 g/mol. The van der Waals surface area contributed by atoms with Crippen molar-refractivity contribution in [3.8, 4) is 0 Å². The molecule has 0 aliphatic carbocycles. The molecule has 1 aliphatic rings. The molecule has 0 bridgehead atoms. The quantitative estimate of drug-likeness (QED) is 0.126. The Kier molecular flexibility index (Phi) is 11.6. The smallest absolute Gasteiger partial charge is 0.226 e. The fourth-order valence-corrected chi connectivity index (χ4v) is 2.93. The van der Waals surface area contributed by atoms with Crippen LogP contribution in [0.5, 0.6) is 0 Å². The van der Waals surface area contributed by atoms with Crippen LogP contribution >= 0.6 is 0 Å². The zero-order valence-electron chi connectivity index (χ0n) is 15.9. The van der Waals surface area contributed by atoms with Gasteiger partial charge in [0.1, 0.15) is 0 Å². The van der Waals surface area contributed by atoms with Crippen LogP contribution in [0.3, 0.4) is 0 Å². The van der Waals surface area contributed by atoms with Crippen LogP contribution in [0.1, 0.15) is 32.1 Å². The highest BCUT2D eigenvalue weighted by Gasteiger charge is 2.23. The van der Waals surface area contributed by atoms with Crippen LogP contribution in [0.15, 0.2) is 4.99 Å². The molecule has 142 valence electrons. The Hall–Kier alpha value is -0.610. The third-order valence-corrected chi connectivity index (χ3v) is 4.53. The van der Waals surface area contributed by atoms with Gasteiger partial charge in [-0.2, -0.15) is 4.99 Å². The second-order valence-electron chi connectivity index (χ2n) is 6.94. The Morgan fingerprint density at radius 2 is 1.79 bits per heavy atom. The number of nitrogens with one attached hydrogen (secondary N) is 2. The third-order valence-electron chi connectivity index (χ3n) is 4.53. The Morgan fingerprint density at radius 1 is 1.17 bits per heavy atom. The van der Waals surface area contributed by atoms with E-state index in [0.29, 0.717) is 5.96 Å². The van der Waals surface area contributed by atoms with E-state index in [1.165, 1.54) is 49.8 Å². The molecule has 0 atom stereocenters. The molecule has 7 nitrogen and oxygen atoms in total. The van der Waals surface area contributed by atoms with Gasteiger partial charge in [-0.1, -0.05) is 0 Å². The topological polar surface area (TPSA) is 64.0 Å². The number of guanidine groups is 2. The predicted molar refractivity (Wildman–Crippen MR) is 95.5 cm³/mol. The first-order valence-electron chi connectivity index (χ1n) is 8.56. The summed E-state index contributed by atoms with van der Waals surface area (Å²) >= 11 is 0. The third kappa shape index (κ3) is 8.48. The van der Waals surface area contributed by atoms with Gasteiger partial charge in [0.25, 0.3) is 0 Å². The van der Waals surface area contributed by atoms with E-state index in [0.717, 1.165) is 13.0 Å². The highest BCUT2D eigenvalue weighted by Crippen LogP contribution is 2.17. The highest BCUT2D eigenvalue weighted by atomic mass is 127. The number of hydrogen-bond acceptors (Lipinski definition) is 2. The standard InChI is InChI=1S/C16H35N6O.HI/c1-20(2)15(17)18-16(19-23-5)21(3)11-7-10-14-22(4)12-8-6-9-13-22;/h6-14H2,1-5H3,(H2,17,18,19);1H/q+1;/p-1. The van der Waals surface area contributed by atoms with Crippen molar-refractivity contribution in [3.63, 3.8) is 0 Å². The minimum Gasteiger partial charge on any atom is -1.00 e. The maximum absolute atomic E-state index is 7.83. The zero-order valence-corrected chi connectivity index (χ0v) is 18.1. The van der Waals surface area contributed by atoms with Crippen molar-refractivity contribution in [2.45, 2.75) is 32.1 Å². The van der Waals surface area contributed by atoms with Crippen molar-refractivity contribution >= 4 is 11.9 Å². The molecule has 1 fully saturated rings. The van der Waals surface area contributed by atoms with E-state index in [1.54, 1.807) is 26.1 Å². The number of likely N-dealkylation sites (tertiary alicyclic amines) is 1. The second-order valence-corrected chi connectivity index (χ2v) is 6.94.